The molecule has 1 aromatic heterocycles. The van der Waals surface area contributed by atoms with Crippen molar-refractivity contribution in [3.8, 4) is 0 Å². The summed E-state index contributed by atoms with van der Waals surface area (Å²) in [5.41, 5.74) is 1.42. The first kappa shape index (κ1) is 12.4. The predicted octanol–water partition coefficient (Wildman–Crippen LogP) is 2.83. The highest BCUT2D eigenvalue weighted by Gasteiger charge is 2.24. The standard InChI is InChI=1S/C13H17ClN2O/c1-8(2)7-10-5-6-11(12(14)15-10)13(17)16-9-3-4-9/h5-6,8-9H,3-4,7H2,1-2H3,(H,16,17). The van der Waals surface area contributed by atoms with Gasteiger partial charge in [0.25, 0.3) is 5.91 Å². The van der Waals surface area contributed by atoms with Gasteiger partial charge in [0.2, 0.25) is 0 Å². The Balaban J connectivity index is 2.09. The largest absolute Gasteiger partial charge is 0.349 e. The summed E-state index contributed by atoms with van der Waals surface area (Å²) < 4.78 is 0. The van der Waals surface area contributed by atoms with Gasteiger partial charge < -0.3 is 5.32 Å². The number of halogens is 1. The summed E-state index contributed by atoms with van der Waals surface area (Å²) in [6, 6.07) is 3.99. The minimum absolute atomic E-state index is 0.110. The van der Waals surface area contributed by atoms with E-state index in [0.717, 1.165) is 25.0 Å². The van der Waals surface area contributed by atoms with Crippen LogP contribution in [0, 0.1) is 5.92 Å². The molecule has 1 heterocycles. The molecule has 1 amide bonds. The summed E-state index contributed by atoms with van der Waals surface area (Å²) in [6.45, 7) is 4.26. The van der Waals surface area contributed by atoms with Gasteiger partial charge >= 0.3 is 0 Å². The van der Waals surface area contributed by atoms with E-state index in [1.165, 1.54) is 0 Å². The van der Waals surface area contributed by atoms with Crippen molar-refractivity contribution in [2.75, 3.05) is 0 Å². The smallest absolute Gasteiger partial charge is 0.254 e. The number of rotatable bonds is 4. The molecule has 0 aliphatic heterocycles. The van der Waals surface area contributed by atoms with Crippen molar-refractivity contribution < 1.29 is 4.79 Å². The highest BCUT2D eigenvalue weighted by Crippen LogP contribution is 2.21. The molecule has 3 nitrogen and oxygen atoms in total. The Morgan fingerprint density at radius 2 is 2.24 bits per heavy atom. The third-order valence-electron chi connectivity index (χ3n) is 2.68. The second-order valence-corrected chi connectivity index (χ2v) is 5.34. The minimum Gasteiger partial charge on any atom is -0.349 e. The second-order valence-electron chi connectivity index (χ2n) is 4.99. The van der Waals surface area contributed by atoms with Crippen LogP contribution in [0.2, 0.25) is 5.15 Å². The van der Waals surface area contributed by atoms with Gasteiger partial charge in [0, 0.05) is 11.7 Å². The van der Waals surface area contributed by atoms with E-state index in [-0.39, 0.29) is 5.91 Å². The molecule has 2 rings (SSSR count). The number of nitrogens with one attached hydrogen (secondary N) is 1. The molecule has 17 heavy (non-hydrogen) atoms. The molecule has 1 N–H and O–H groups in total. The Morgan fingerprint density at radius 3 is 2.76 bits per heavy atom. The van der Waals surface area contributed by atoms with E-state index < -0.39 is 0 Å². The Morgan fingerprint density at radius 1 is 1.53 bits per heavy atom. The Kier molecular flexibility index (Phi) is 3.67. The lowest BCUT2D eigenvalue weighted by atomic mass is 10.1. The van der Waals surface area contributed by atoms with Crippen LogP contribution in [-0.4, -0.2) is 16.9 Å². The van der Waals surface area contributed by atoms with E-state index in [1.807, 2.05) is 6.07 Å². The highest BCUT2D eigenvalue weighted by atomic mass is 35.5. The first-order valence-corrected chi connectivity index (χ1v) is 6.40. The molecule has 1 saturated carbocycles. The molecule has 1 aliphatic carbocycles. The Labute approximate surface area is 107 Å². The van der Waals surface area contributed by atoms with Crippen LogP contribution in [-0.2, 0) is 6.42 Å². The fraction of sp³-hybridized carbons (Fsp3) is 0.538. The maximum absolute atomic E-state index is 11.8. The SMILES string of the molecule is CC(C)Cc1ccc(C(=O)NC2CC2)c(Cl)n1. The summed E-state index contributed by atoms with van der Waals surface area (Å²) in [5.74, 6) is 0.422. The van der Waals surface area contributed by atoms with E-state index in [1.54, 1.807) is 6.07 Å². The maximum atomic E-state index is 11.8. The second kappa shape index (κ2) is 5.05. The van der Waals surface area contributed by atoms with Gasteiger partial charge in [0.05, 0.1) is 5.56 Å². The number of hydrogen-bond donors (Lipinski definition) is 1. The first-order valence-electron chi connectivity index (χ1n) is 6.02. The van der Waals surface area contributed by atoms with Gasteiger partial charge in [-0.05, 0) is 37.3 Å². The van der Waals surface area contributed by atoms with Crippen molar-refractivity contribution in [3.63, 3.8) is 0 Å². The zero-order chi connectivity index (χ0) is 12.4. The van der Waals surface area contributed by atoms with Crippen molar-refractivity contribution in [1.29, 1.82) is 0 Å². The van der Waals surface area contributed by atoms with Crippen molar-refractivity contribution >= 4 is 17.5 Å². The maximum Gasteiger partial charge on any atom is 0.254 e. The van der Waals surface area contributed by atoms with Crippen molar-refractivity contribution in [2.24, 2.45) is 5.92 Å². The lowest BCUT2D eigenvalue weighted by Gasteiger charge is -2.08. The molecule has 1 aliphatic rings. The predicted molar refractivity (Wildman–Crippen MR) is 68.3 cm³/mol. The van der Waals surface area contributed by atoms with Gasteiger partial charge in [-0.25, -0.2) is 4.98 Å². The third kappa shape index (κ3) is 3.43. The van der Waals surface area contributed by atoms with Crippen molar-refractivity contribution in [3.05, 3.63) is 28.5 Å². The molecule has 0 unspecified atom stereocenters. The van der Waals surface area contributed by atoms with Crippen LogP contribution >= 0.6 is 11.6 Å². The fourth-order valence-electron chi connectivity index (χ4n) is 1.66. The van der Waals surface area contributed by atoms with E-state index in [4.69, 9.17) is 11.6 Å². The number of amides is 1. The zero-order valence-electron chi connectivity index (χ0n) is 10.2. The van der Waals surface area contributed by atoms with Crippen LogP contribution in [0.25, 0.3) is 0 Å². The normalized spacial score (nSPS) is 15.1. The molecular weight excluding hydrogens is 236 g/mol. The van der Waals surface area contributed by atoms with Gasteiger partial charge in [-0.1, -0.05) is 25.4 Å². The quantitative estimate of drug-likeness (QED) is 0.838. The molecule has 1 aromatic rings. The molecule has 0 saturated heterocycles. The van der Waals surface area contributed by atoms with Crippen molar-refractivity contribution in [2.45, 2.75) is 39.2 Å². The number of carbonyl (C=O) groups is 1. The van der Waals surface area contributed by atoms with Gasteiger partial charge in [0.1, 0.15) is 5.15 Å². The molecule has 1 fully saturated rings. The molecule has 0 bridgehead atoms. The zero-order valence-corrected chi connectivity index (χ0v) is 10.9. The highest BCUT2D eigenvalue weighted by molar-refractivity contribution is 6.32. The van der Waals surface area contributed by atoms with Gasteiger partial charge in [-0.3, -0.25) is 4.79 Å². The number of aromatic nitrogens is 1. The van der Waals surface area contributed by atoms with Crippen LogP contribution < -0.4 is 5.32 Å². The van der Waals surface area contributed by atoms with E-state index in [9.17, 15) is 4.79 Å². The molecule has 4 heteroatoms. The minimum atomic E-state index is -0.110. The van der Waals surface area contributed by atoms with Crippen LogP contribution in [0.15, 0.2) is 12.1 Å². The van der Waals surface area contributed by atoms with Crippen LogP contribution in [0.3, 0.4) is 0 Å². The summed E-state index contributed by atoms with van der Waals surface area (Å²) in [7, 11) is 0. The van der Waals surface area contributed by atoms with Crippen LogP contribution in [0.5, 0.6) is 0 Å². The fourth-order valence-corrected chi connectivity index (χ4v) is 1.92. The summed E-state index contributed by atoms with van der Waals surface area (Å²) in [4.78, 5) is 16.1. The molecule has 0 radical (unpaired) electrons. The number of pyridine rings is 1. The number of nitrogens with zero attached hydrogens (tertiary/aromatic N) is 1. The van der Waals surface area contributed by atoms with Gasteiger partial charge in [-0.15, -0.1) is 0 Å². The Bertz CT molecular complexity index is 427. The van der Waals surface area contributed by atoms with Crippen LogP contribution in [0.1, 0.15) is 42.7 Å². The third-order valence-corrected chi connectivity index (χ3v) is 2.97. The van der Waals surface area contributed by atoms with Gasteiger partial charge in [-0.2, -0.15) is 0 Å². The molecule has 0 atom stereocenters. The molecule has 92 valence electrons. The molecule has 0 aromatic carbocycles. The average molecular weight is 253 g/mol. The van der Waals surface area contributed by atoms with E-state index in [2.05, 4.69) is 24.1 Å². The summed E-state index contributed by atoms with van der Waals surface area (Å²) in [5, 5.41) is 3.21. The average Bonchev–Trinajstić information content (AvgIpc) is 3.00. The van der Waals surface area contributed by atoms with E-state index >= 15 is 0 Å². The lowest BCUT2D eigenvalue weighted by molar-refractivity contribution is 0.0951. The monoisotopic (exact) mass is 252 g/mol. The molecular formula is C13H17ClN2O. The number of hydrogen-bond acceptors (Lipinski definition) is 2. The molecule has 0 spiro atoms. The van der Waals surface area contributed by atoms with Gasteiger partial charge in [0.15, 0.2) is 0 Å². The van der Waals surface area contributed by atoms with Crippen molar-refractivity contribution in [1.82, 2.24) is 10.3 Å². The Hall–Kier alpha value is -1.09. The summed E-state index contributed by atoms with van der Waals surface area (Å²) >= 11 is 6.04. The topological polar surface area (TPSA) is 42.0 Å². The first-order chi connectivity index (χ1) is 8.06. The lowest BCUT2D eigenvalue weighted by Crippen LogP contribution is -2.25. The number of carbonyl (C=O) groups excluding carboxylic acids is 1. The summed E-state index contributed by atoms with van der Waals surface area (Å²) in [6.07, 6.45) is 3.02. The van der Waals surface area contributed by atoms with E-state index in [0.29, 0.717) is 22.7 Å². The van der Waals surface area contributed by atoms with Crippen LogP contribution in [0.4, 0.5) is 0 Å².